The average molecular weight is 441 g/mol. The molecular weight excluding hydrogens is 412 g/mol. The molecular formula is C24H28N2O4S. The first-order valence-corrected chi connectivity index (χ1v) is 11.0. The summed E-state index contributed by atoms with van der Waals surface area (Å²) in [6.07, 6.45) is 0.730. The van der Waals surface area contributed by atoms with Crippen molar-refractivity contribution in [1.29, 1.82) is 0 Å². The smallest absolute Gasteiger partial charge is 0.307 e. The number of amides is 2. The minimum Gasteiger partial charge on any atom is -0.481 e. The molecule has 4 N–H and O–H groups in total. The summed E-state index contributed by atoms with van der Waals surface area (Å²) < 4.78 is 0. The third-order valence-electron chi connectivity index (χ3n) is 6.28. The number of hydrogen-bond donors (Lipinski definition) is 3. The Balaban J connectivity index is 2.00. The van der Waals surface area contributed by atoms with Crippen LogP contribution >= 0.6 is 11.3 Å². The number of carboxylic acid groups (broad SMARTS) is 1. The highest BCUT2D eigenvalue weighted by Gasteiger charge is 2.38. The van der Waals surface area contributed by atoms with Crippen molar-refractivity contribution in [3.05, 3.63) is 50.9 Å². The molecule has 1 aromatic heterocycles. The van der Waals surface area contributed by atoms with E-state index in [-0.39, 0.29) is 5.56 Å². The molecule has 0 radical (unpaired) electrons. The van der Waals surface area contributed by atoms with Gasteiger partial charge in [-0.2, -0.15) is 0 Å². The van der Waals surface area contributed by atoms with Crippen molar-refractivity contribution >= 4 is 34.1 Å². The number of allylic oxidation sites excluding steroid dienone is 2. The zero-order chi connectivity index (χ0) is 23.0. The van der Waals surface area contributed by atoms with Gasteiger partial charge in [-0.05, 0) is 64.2 Å². The van der Waals surface area contributed by atoms with E-state index in [9.17, 15) is 19.5 Å². The predicted molar refractivity (Wildman–Crippen MR) is 123 cm³/mol. The summed E-state index contributed by atoms with van der Waals surface area (Å²) in [7, 11) is 0. The van der Waals surface area contributed by atoms with E-state index in [1.807, 2.05) is 52.8 Å². The third-order valence-corrected chi connectivity index (χ3v) is 7.30. The Morgan fingerprint density at radius 2 is 1.61 bits per heavy atom. The number of hydrogen-bond acceptors (Lipinski definition) is 4. The number of thiophene rings is 1. The van der Waals surface area contributed by atoms with Crippen molar-refractivity contribution < 1.29 is 19.5 Å². The molecule has 2 aromatic rings. The van der Waals surface area contributed by atoms with Crippen LogP contribution in [0.4, 0.5) is 5.00 Å². The molecule has 0 spiro atoms. The second-order valence-corrected chi connectivity index (χ2v) is 9.63. The van der Waals surface area contributed by atoms with Crippen LogP contribution in [0, 0.1) is 32.6 Å². The summed E-state index contributed by atoms with van der Waals surface area (Å²) >= 11 is 1.29. The molecule has 0 aliphatic heterocycles. The van der Waals surface area contributed by atoms with Crippen molar-refractivity contribution in [2.24, 2.45) is 17.6 Å². The quantitative estimate of drug-likeness (QED) is 0.579. The number of carboxylic acids is 1. The van der Waals surface area contributed by atoms with E-state index in [2.05, 4.69) is 5.32 Å². The number of aliphatic carboxylic acids is 1. The van der Waals surface area contributed by atoms with Crippen LogP contribution in [0.3, 0.4) is 0 Å². The van der Waals surface area contributed by atoms with E-state index in [0.717, 1.165) is 32.7 Å². The Hall–Kier alpha value is -2.93. The zero-order valence-electron chi connectivity index (χ0n) is 18.5. The van der Waals surface area contributed by atoms with Gasteiger partial charge in [0.2, 0.25) is 5.91 Å². The molecule has 1 aromatic carbocycles. The van der Waals surface area contributed by atoms with E-state index >= 15 is 0 Å². The Kier molecular flexibility index (Phi) is 6.36. The maximum absolute atomic E-state index is 13.1. The second kappa shape index (κ2) is 8.67. The normalized spacial score (nSPS) is 18.7. The Morgan fingerprint density at radius 3 is 2.16 bits per heavy atom. The maximum atomic E-state index is 13.1. The molecule has 2 amide bonds. The van der Waals surface area contributed by atoms with Crippen LogP contribution < -0.4 is 11.1 Å². The molecule has 164 valence electrons. The SMILES string of the molecule is CC1=C(C)C[C@@H](C(=O)Nc2sc(C)c(-c3ccc(C)c(C)c3)c2C(N)=O)[C@@H](C(=O)O)C1. The standard InChI is InChI=1S/C24H28N2O4S/c1-11-6-7-16(8-12(11)2)19-15(5)31-23(20(19)21(25)27)26-22(28)17-9-13(3)14(4)10-18(17)24(29)30/h6-8,17-18H,9-10H2,1-5H3,(H2,25,27)(H,26,28)(H,29,30)/t17-,18+/m1/s1. The molecule has 0 fully saturated rings. The molecule has 0 saturated carbocycles. The van der Waals surface area contributed by atoms with Crippen LogP contribution in [-0.4, -0.2) is 22.9 Å². The van der Waals surface area contributed by atoms with E-state index in [0.29, 0.717) is 23.4 Å². The van der Waals surface area contributed by atoms with E-state index < -0.39 is 29.6 Å². The number of aryl methyl sites for hydroxylation is 3. The van der Waals surface area contributed by atoms with E-state index in [1.165, 1.54) is 11.3 Å². The Morgan fingerprint density at radius 1 is 1.00 bits per heavy atom. The van der Waals surface area contributed by atoms with Crippen molar-refractivity contribution in [2.75, 3.05) is 5.32 Å². The summed E-state index contributed by atoms with van der Waals surface area (Å²) in [6.45, 7) is 9.73. The van der Waals surface area contributed by atoms with Gasteiger partial charge >= 0.3 is 5.97 Å². The van der Waals surface area contributed by atoms with Gasteiger partial charge in [0.25, 0.3) is 5.91 Å². The monoisotopic (exact) mass is 440 g/mol. The van der Waals surface area contributed by atoms with Crippen LogP contribution in [0.2, 0.25) is 0 Å². The second-order valence-electron chi connectivity index (χ2n) is 8.41. The van der Waals surface area contributed by atoms with Crippen molar-refractivity contribution in [2.45, 2.75) is 47.5 Å². The Labute approximate surface area is 186 Å². The highest BCUT2D eigenvalue weighted by Crippen LogP contribution is 2.41. The van der Waals surface area contributed by atoms with Gasteiger partial charge in [0.1, 0.15) is 5.00 Å². The highest BCUT2D eigenvalue weighted by molar-refractivity contribution is 7.17. The molecule has 31 heavy (non-hydrogen) atoms. The highest BCUT2D eigenvalue weighted by atomic mass is 32.1. The molecule has 7 heteroatoms. The first-order valence-electron chi connectivity index (χ1n) is 10.2. The average Bonchev–Trinajstić information content (AvgIpc) is 3.01. The fourth-order valence-corrected chi connectivity index (χ4v) is 5.23. The van der Waals surface area contributed by atoms with Gasteiger partial charge in [0, 0.05) is 10.4 Å². The van der Waals surface area contributed by atoms with Gasteiger partial charge in [-0.1, -0.05) is 29.3 Å². The van der Waals surface area contributed by atoms with E-state index in [4.69, 9.17) is 5.73 Å². The van der Waals surface area contributed by atoms with Crippen LogP contribution in [0.15, 0.2) is 29.3 Å². The number of carbonyl (C=O) groups is 3. The third kappa shape index (κ3) is 4.42. The number of nitrogens with one attached hydrogen (secondary N) is 1. The van der Waals surface area contributed by atoms with Gasteiger partial charge in [-0.25, -0.2) is 0 Å². The number of nitrogens with two attached hydrogens (primary N) is 1. The van der Waals surface area contributed by atoms with Crippen LogP contribution in [-0.2, 0) is 9.59 Å². The molecule has 3 rings (SSSR count). The fourth-order valence-electron chi connectivity index (χ4n) is 4.14. The minimum atomic E-state index is -0.986. The summed E-state index contributed by atoms with van der Waals surface area (Å²) in [5.41, 5.74) is 11.8. The molecule has 1 heterocycles. The predicted octanol–water partition coefficient (Wildman–Crippen LogP) is 4.82. The van der Waals surface area contributed by atoms with Crippen LogP contribution in [0.1, 0.15) is 53.1 Å². The summed E-state index contributed by atoms with van der Waals surface area (Å²) in [5.74, 6) is -3.50. The number of anilines is 1. The summed E-state index contributed by atoms with van der Waals surface area (Å²) in [5, 5.41) is 12.8. The summed E-state index contributed by atoms with van der Waals surface area (Å²) in [4.78, 5) is 38.1. The van der Waals surface area contributed by atoms with Gasteiger partial charge in [-0.15, -0.1) is 11.3 Å². The molecule has 2 atom stereocenters. The number of carbonyl (C=O) groups excluding carboxylic acids is 2. The Bertz CT molecular complexity index is 1110. The van der Waals surface area contributed by atoms with Gasteiger partial charge in [-0.3, -0.25) is 14.4 Å². The van der Waals surface area contributed by atoms with Gasteiger partial charge in [0.15, 0.2) is 0 Å². The van der Waals surface area contributed by atoms with Crippen LogP contribution in [0.5, 0.6) is 0 Å². The lowest BCUT2D eigenvalue weighted by atomic mass is 9.76. The number of benzene rings is 1. The molecule has 1 aliphatic rings. The maximum Gasteiger partial charge on any atom is 0.307 e. The summed E-state index contributed by atoms with van der Waals surface area (Å²) in [6, 6.07) is 5.93. The molecule has 0 saturated heterocycles. The molecule has 1 aliphatic carbocycles. The van der Waals surface area contributed by atoms with Gasteiger partial charge in [0.05, 0.1) is 17.4 Å². The number of rotatable bonds is 5. The molecule has 0 unspecified atom stereocenters. The van der Waals surface area contributed by atoms with Crippen molar-refractivity contribution in [3.8, 4) is 11.1 Å². The number of primary amides is 1. The van der Waals surface area contributed by atoms with E-state index in [1.54, 1.807) is 0 Å². The zero-order valence-corrected chi connectivity index (χ0v) is 19.3. The minimum absolute atomic E-state index is 0.269. The molecule has 0 bridgehead atoms. The topological polar surface area (TPSA) is 109 Å². The first kappa shape index (κ1) is 22.7. The van der Waals surface area contributed by atoms with Crippen LogP contribution in [0.25, 0.3) is 11.1 Å². The fraction of sp³-hybridized carbons (Fsp3) is 0.375. The molecule has 6 nitrogen and oxygen atoms in total. The van der Waals surface area contributed by atoms with Crippen molar-refractivity contribution in [1.82, 2.24) is 0 Å². The lowest BCUT2D eigenvalue weighted by molar-refractivity contribution is -0.146. The van der Waals surface area contributed by atoms with Gasteiger partial charge < -0.3 is 16.2 Å². The lowest BCUT2D eigenvalue weighted by Gasteiger charge is -2.29. The largest absolute Gasteiger partial charge is 0.481 e. The first-order chi connectivity index (χ1) is 14.5. The lowest BCUT2D eigenvalue weighted by Crippen LogP contribution is -2.36. The van der Waals surface area contributed by atoms with Crippen molar-refractivity contribution in [3.63, 3.8) is 0 Å².